The third-order valence-corrected chi connectivity index (χ3v) is 3.99. The summed E-state index contributed by atoms with van der Waals surface area (Å²) >= 11 is 13.3. The van der Waals surface area contributed by atoms with Crippen LogP contribution in [0.3, 0.4) is 0 Å². The number of hydrogen-bond donors (Lipinski definition) is 1. The van der Waals surface area contributed by atoms with Crippen LogP contribution in [-0.4, -0.2) is 11.7 Å². The lowest BCUT2D eigenvalue weighted by Crippen LogP contribution is -2.08. The number of benzene rings is 1. The average molecular weight is 305 g/mol. The highest BCUT2D eigenvalue weighted by Crippen LogP contribution is 2.24. The molecular formula is C13H18Cl2N2S. The Labute approximate surface area is 123 Å². The molecule has 1 rings (SSSR count). The molecule has 0 unspecified atom stereocenters. The second-order valence-corrected chi connectivity index (χ2v) is 6.25. The van der Waals surface area contributed by atoms with Crippen molar-refractivity contribution in [3.8, 4) is 0 Å². The quantitative estimate of drug-likeness (QED) is 0.638. The fraction of sp³-hybridized carbons (Fsp3) is 0.462. The molecule has 0 aliphatic carbocycles. The zero-order valence-corrected chi connectivity index (χ0v) is 12.9. The van der Waals surface area contributed by atoms with Crippen LogP contribution in [0.2, 0.25) is 10.0 Å². The van der Waals surface area contributed by atoms with E-state index in [0.29, 0.717) is 21.1 Å². The van der Waals surface area contributed by atoms with Gasteiger partial charge in [-0.15, -0.1) is 0 Å². The van der Waals surface area contributed by atoms with Gasteiger partial charge in [0, 0.05) is 12.3 Å². The van der Waals surface area contributed by atoms with Gasteiger partial charge in [0.2, 0.25) is 0 Å². The van der Waals surface area contributed by atoms with Gasteiger partial charge in [-0.1, -0.05) is 54.9 Å². The Hall–Kier alpha value is -0.380. The molecule has 0 atom stereocenters. The number of rotatable bonds is 5. The lowest BCUT2D eigenvalue weighted by Gasteiger charge is -2.04. The van der Waals surface area contributed by atoms with Gasteiger partial charge in [-0.25, -0.2) is 0 Å². The molecule has 0 saturated carbocycles. The number of hydrogen-bond acceptors (Lipinski definition) is 2. The molecule has 18 heavy (non-hydrogen) atoms. The summed E-state index contributed by atoms with van der Waals surface area (Å²) < 4.78 is 0. The molecule has 0 saturated heterocycles. The second-order valence-electron chi connectivity index (χ2n) is 4.44. The summed E-state index contributed by atoms with van der Waals surface area (Å²) in [4.78, 5) is 4.32. The van der Waals surface area contributed by atoms with Gasteiger partial charge in [0.1, 0.15) is 0 Å². The molecule has 1 aromatic carbocycles. The number of nitrogens with two attached hydrogens (primary N) is 1. The molecule has 0 bridgehead atoms. The lowest BCUT2D eigenvalue weighted by atomic mass is 10.1. The first-order chi connectivity index (χ1) is 8.49. The largest absolute Gasteiger partial charge is 0.379 e. The fourth-order valence-electron chi connectivity index (χ4n) is 1.27. The number of thioether (sulfide) groups is 1. The normalized spacial score (nSPS) is 12.2. The van der Waals surface area contributed by atoms with Crippen LogP contribution in [0.25, 0.3) is 0 Å². The zero-order valence-electron chi connectivity index (χ0n) is 10.6. The van der Waals surface area contributed by atoms with Crippen LogP contribution in [-0.2, 0) is 5.75 Å². The first-order valence-electron chi connectivity index (χ1n) is 5.85. The molecular weight excluding hydrogens is 287 g/mol. The Morgan fingerprint density at radius 2 is 2.06 bits per heavy atom. The minimum absolute atomic E-state index is 0.573. The van der Waals surface area contributed by atoms with Crippen LogP contribution < -0.4 is 5.73 Å². The third kappa shape index (κ3) is 5.98. The fourth-order valence-corrected chi connectivity index (χ4v) is 2.26. The maximum Gasteiger partial charge on any atom is 0.154 e. The van der Waals surface area contributed by atoms with E-state index in [0.717, 1.165) is 24.3 Å². The monoisotopic (exact) mass is 304 g/mol. The maximum absolute atomic E-state index is 5.94. The molecule has 2 N–H and O–H groups in total. The molecule has 0 spiro atoms. The van der Waals surface area contributed by atoms with Crippen LogP contribution in [0.15, 0.2) is 23.2 Å². The molecule has 100 valence electrons. The number of amidine groups is 1. The lowest BCUT2D eigenvalue weighted by molar-refractivity contribution is 0.597. The highest BCUT2D eigenvalue weighted by molar-refractivity contribution is 8.13. The first-order valence-corrected chi connectivity index (χ1v) is 7.60. The highest BCUT2D eigenvalue weighted by Gasteiger charge is 2.01. The van der Waals surface area contributed by atoms with E-state index in [9.17, 15) is 0 Å². The predicted molar refractivity (Wildman–Crippen MR) is 83.7 cm³/mol. The summed E-state index contributed by atoms with van der Waals surface area (Å²) in [5.74, 6) is 1.41. The Morgan fingerprint density at radius 1 is 1.33 bits per heavy atom. The van der Waals surface area contributed by atoms with Gasteiger partial charge in [-0.3, -0.25) is 4.99 Å². The van der Waals surface area contributed by atoms with Crippen molar-refractivity contribution >= 4 is 40.1 Å². The molecule has 0 heterocycles. The minimum atomic E-state index is 0.573. The van der Waals surface area contributed by atoms with E-state index in [4.69, 9.17) is 28.9 Å². The van der Waals surface area contributed by atoms with Gasteiger partial charge in [-0.2, -0.15) is 0 Å². The predicted octanol–water partition coefficient (Wildman–Crippen LogP) is 4.59. The number of nitrogens with zero attached hydrogens (tertiary/aromatic N) is 1. The van der Waals surface area contributed by atoms with Gasteiger partial charge in [0.05, 0.1) is 10.0 Å². The van der Waals surface area contributed by atoms with Crippen molar-refractivity contribution in [2.24, 2.45) is 16.6 Å². The summed E-state index contributed by atoms with van der Waals surface area (Å²) in [6.45, 7) is 5.14. The van der Waals surface area contributed by atoms with Crippen LogP contribution in [0.5, 0.6) is 0 Å². The van der Waals surface area contributed by atoms with E-state index in [1.807, 2.05) is 12.1 Å². The van der Waals surface area contributed by atoms with Crippen LogP contribution in [0.1, 0.15) is 25.8 Å². The summed E-state index contributed by atoms with van der Waals surface area (Å²) in [6, 6.07) is 5.60. The third-order valence-electron chi connectivity index (χ3n) is 2.34. The maximum atomic E-state index is 5.94. The van der Waals surface area contributed by atoms with E-state index < -0.39 is 0 Å². The van der Waals surface area contributed by atoms with Crippen molar-refractivity contribution in [1.82, 2.24) is 0 Å². The summed E-state index contributed by atoms with van der Waals surface area (Å²) in [5, 5.41) is 1.77. The Balaban J connectivity index is 2.42. The topological polar surface area (TPSA) is 38.4 Å². The van der Waals surface area contributed by atoms with Crippen molar-refractivity contribution in [3.05, 3.63) is 33.8 Å². The van der Waals surface area contributed by atoms with E-state index in [-0.39, 0.29) is 0 Å². The standard InChI is InChI=1S/C13H18Cl2N2S/c1-9(2)5-6-17-13(16)18-8-10-3-4-11(14)12(15)7-10/h3-4,7,9H,5-6,8H2,1-2H3,(H2,16,17). The molecule has 0 aliphatic heterocycles. The number of halogens is 2. The van der Waals surface area contributed by atoms with E-state index in [2.05, 4.69) is 18.8 Å². The highest BCUT2D eigenvalue weighted by atomic mass is 35.5. The molecule has 0 radical (unpaired) electrons. The van der Waals surface area contributed by atoms with Gasteiger partial charge < -0.3 is 5.73 Å². The smallest absolute Gasteiger partial charge is 0.154 e. The van der Waals surface area contributed by atoms with Crippen molar-refractivity contribution in [1.29, 1.82) is 0 Å². The van der Waals surface area contributed by atoms with Gasteiger partial charge >= 0.3 is 0 Å². The van der Waals surface area contributed by atoms with Gasteiger partial charge in [0.25, 0.3) is 0 Å². The van der Waals surface area contributed by atoms with E-state index in [1.165, 1.54) is 11.8 Å². The molecule has 0 fully saturated rings. The van der Waals surface area contributed by atoms with Gasteiger partial charge in [-0.05, 0) is 30.0 Å². The zero-order chi connectivity index (χ0) is 13.5. The van der Waals surface area contributed by atoms with Crippen molar-refractivity contribution in [3.63, 3.8) is 0 Å². The van der Waals surface area contributed by atoms with Crippen LogP contribution >= 0.6 is 35.0 Å². The molecule has 5 heteroatoms. The van der Waals surface area contributed by atoms with Crippen molar-refractivity contribution < 1.29 is 0 Å². The molecule has 0 aromatic heterocycles. The Morgan fingerprint density at radius 3 is 2.67 bits per heavy atom. The summed E-state index contributed by atoms with van der Waals surface area (Å²) in [5.41, 5.74) is 6.92. The summed E-state index contributed by atoms with van der Waals surface area (Å²) in [7, 11) is 0. The van der Waals surface area contributed by atoms with Crippen LogP contribution in [0, 0.1) is 5.92 Å². The van der Waals surface area contributed by atoms with E-state index >= 15 is 0 Å². The molecule has 1 aromatic rings. The second kappa shape index (κ2) is 7.93. The SMILES string of the molecule is CC(C)CCN=C(N)SCc1ccc(Cl)c(Cl)c1. The first kappa shape index (κ1) is 15.7. The molecule has 0 amide bonds. The van der Waals surface area contributed by atoms with E-state index in [1.54, 1.807) is 6.07 Å². The summed E-state index contributed by atoms with van der Waals surface area (Å²) in [6.07, 6.45) is 1.06. The van der Waals surface area contributed by atoms with Crippen molar-refractivity contribution in [2.75, 3.05) is 6.54 Å². The Bertz CT molecular complexity index is 419. The number of aliphatic imine (C=N–C) groups is 1. The molecule has 2 nitrogen and oxygen atoms in total. The van der Waals surface area contributed by atoms with Crippen molar-refractivity contribution in [2.45, 2.75) is 26.0 Å². The van der Waals surface area contributed by atoms with Crippen LogP contribution in [0.4, 0.5) is 0 Å². The van der Waals surface area contributed by atoms with Gasteiger partial charge in [0.15, 0.2) is 5.17 Å². The minimum Gasteiger partial charge on any atom is -0.379 e. The Kier molecular flexibility index (Phi) is 6.90. The average Bonchev–Trinajstić information content (AvgIpc) is 2.30. The molecule has 0 aliphatic rings.